The zero-order valence-corrected chi connectivity index (χ0v) is 13.2. The second-order valence-corrected chi connectivity index (χ2v) is 6.31. The number of likely N-dealkylation sites (tertiary alicyclic amines) is 1. The fourth-order valence-electron chi connectivity index (χ4n) is 3.63. The van der Waals surface area contributed by atoms with Gasteiger partial charge >= 0.3 is 5.97 Å². The van der Waals surface area contributed by atoms with Crippen molar-refractivity contribution < 1.29 is 19.4 Å². The lowest BCUT2D eigenvalue weighted by Gasteiger charge is -2.39. The van der Waals surface area contributed by atoms with Crippen molar-refractivity contribution in [2.45, 2.75) is 50.7 Å². The third-order valence-electron chi connectivity index (χ3n) is 4.82. The monoisotopic (exact) mass is 317 g/mol. The molecule has 2 aliphatic heterocycles. The molecule has 1 aromatic rings. The first-order valence-electron chi connectivity index (χ1n) is 8.38. The zero-order valence-electron chi connectivity index (χ0n) is 13.2. The van der Waals surface area contributed by atoms with Crippen molar-refractivity contribution >= 4 is 11.9 Å². The van der Waals surface area contributed by atoms with Crippen LogP contribution in [0.5, 0.6) is 0 Å². The van der Waals surface area contributed by atoms with E-state index in [1.54, 1.807) is 0 Å². The summed E-state index contributed by atoms with van der Waals surface area (Å²) in [5, 5.41) is 8.92. The third kappa shape index (κ3) is 3.55. The van der Waals surface area contributed by atoms with Crippen LogP contribution in [0.4, 0.5) is 0 Å². The fourth-order valence-corrected chi connectivity index (χ4v) is 3.63. The summed E-state index contributed by atoms with van der Waals surface area (Å²) in [7, 11) is 0. The zero-order chi connectivity index (χ0) is 16.2. The Morgan fingerprint density at radius 3 is 2.91 bits per heavy atom. The molecule has 1 aromatic carbocycles. The number of hydrogen-bond donors (Lipinski definition) is 1. The number of rotatable bonds is 4. The quantitative estimate of drug-likeness (QED) is 0.927. The Labute approximate surface area is 136 Å². The predicted octanol–water partition coefficient (Wildman–Crippen LogP) is 2.55. The summed E-state index contributed by atoms with van der Waals surface area (Å²) >= 11 is 0. The van der Waals surface area contributed by atoms with E-state index in [1.165, 1.54) is 5.56 Å². The average Bonchev–Trinajstić information content (AvgIpc) is 2.59. The predicted molar refractivity (Wildman–Crippen MR) is 85.1 cm³/mol. The van der Waals surface area contributed by atoms with E-state index in [-0.39, 0.29) is 18.4 Å². The summed E-state index contributed by atoms with van der Waals surface area (Å²) in [6, 6.07) is 7.96. The normalized spacial score (nSPS) is 24.1. The molecule has 0 saturated carbocycles. The van der Waals surface area contributed by atoms with Crippen LogP contribution >= 0.6 is 0 Å². The Kier molecular flexibility index (Phi) is 4.96. The number of carboxylic acid groups (broad SMARTS) is 1. The minimum Gasteiger partial charge on any atom is -0.481 e. The van der Waals surface area contributed by atoms with Crippen LogP contribution in [0.25, 0.3) is 0 Å². The number of ether oxygens (including phenoxy) is 1. The summed E-state index contributed by atoms with van der Waals surface area (Å²) in [6.45, 7) is 1.26. The van der Waals surface area contributed by atoms with E-state index in [1.807, 2.05) is 23.1 Å². The molecule has 0 aromatic heterocycles. The summed E-state index contributed by atoms with van der Waals surface area (Å²) in [5.74, 6) is -0.811. The molecule has 2 unspecified atom stereocenters. The van der Waals surface area contributed by atoms with E-state index >= 15 is 0 Å². The first-order valence-corrected chi connectivity index (χ1v) is 8.38. The Bertz CT molecular complexity index is 586. The molecule has 1 N–H and O–H groups in total. The molecular formula is C18H23NO4. The summed E-state index contributed by atoms with van der Waals surface area (Å²) in [5.41, 5.74) is 2.14. The molecule has 1 saturated heterocycles. The van der Waals surface area contributed by atoms with Crippen molar-refractivity contribution in [1.82, 2.24) is 4.90 Å². The van der Waals surface area contributed by atoms with Gasteiger partial charge in [0.15, 0.2) is 6.10 Å². The van der Waals surface area contributed by atoms with Gasteiger partial charge in [0.05, 0.1) is 6.61 Å². The molecule has 2 heterocycles. The van der Waals surface area contributed by atoms with E-state index in [0.29, 0.717) is 19.6 Å². The van der Waals surface area contributed by atoms with Crippen molar-refractivity contribution in [3.8, 4) is 0 Å². The highest BCUT2D eigenvalue weighted by atomic mass is 16.5. The fraction of sp³-hybridized carbons (Fsp3) is 0.556. The molecule has 1 fully saturated rings. The van der Waals surface area contributed by atoms with Crippen LogP contribution in [0.3, 0.4) is 0 Å². The van der Waals surface area contributed by atoms with Crippen molar-refractivity contribution in [2.75, 3.05) is 13.2 Å². The number of fused-ring (bicyclic) bond motifs is 1. The van der Waals surface area contributed by atoms with Crippen LogP contribution in [-0.2, 0) is 20.7 Å². The SMILES string of the molecule is O=C(O)CCC1CCCCN1C(=O)C1OCCc2ccccc21. The van der Waals surface area contributed by atoms with Gasteiger partial charge in [-0.15, -0.1) is 0 Å². The van der Waals surface area contributed by atoms with Crippen LogP contribution in [0, 0.1) is 0 Å². The molecule has 2 aliphatic rings. The lowest BCUT2D eigenvalue weighted by atomic mass is 9.93. The molecule has 5 nitrogen and oxygen atoms in total. The molecule has 1 amide bonds. The number of amides is 1. The van der Waals surface area contributed by atoms with E-state index in [2.05, 4.69) is 6.07 Å². The minimum atomic E-state index is -0.803. The second kappa shape index (κ2) is 7.13. The smallest absolute Gasteiger partial charge is 0.303 e. The highest BCUT2D eigenvalue weighted by Crippen LogP contribution is 2.31. The summed E-state index contributed by atoms with van der Waals surface area (Å²) < 4.78 is 5.79. The van der Waals surface area contributed by atoms with Crippen LogP contribution < -0.4 is 0 Å². The number of carbonyl (C=O) groups excluding carboxylic acids is 1. The lowest BCUT2D eigenvalue weighted by molar-refractivity contribution is -0.150. The number of hydrogen-bond acceptors (Lipinski definition) is 3. The van der Waals surface area contributed by atoms with Crippen molar-refractivity contribution in [3.05, 3.63) is 35.4 Å². The Morgan fingerprint density at radius 1 is 1.26 bits per heavy atom. The molecular weight excluding hydrogens is 294 g/mol. The summed E-state index contributed by atoms with van der Waals surface area (Å²) in [4.78, 5) is 25.7. The van der Waals surface area contributed by atoms with Gasteiger partial charge in [0.1, 0.15) is 0 Å². The van der Waals surface area contributed by atoms with Gasteiger partial charge in [0, 0.05) is 19.0 Å². The number of aliphatic carboxylic acids is 1. The number of nitrogens with zero attached hydrogens (tertiary/aromatic N) is 1. The van der Waals surface area contributed by atoms with E-state index in [9.17, 15) is 9.59 Å². The molecule has 23 heavy (non-hydrogen) atoms. The van der Waals surface area contributed by atoms with E-state index in [0.717, 1.165) is 31.2 Å². The number of carbonyl (C=O) groups is 2. The highest BCUT2D eigenvalue weighted by Gasteiger charge is 2.35. The topological polar surface area (TPSA) is 66.8 Å². The molecule has 0 bridgehead atoms. The summed E-state index contributed by atoms with van der Waals surface area (Å²) in [6.07, 6.45) is 3.84. The molecule has 5 heteroatoms. The molecule has 0 aliphatic carbocycles. The molecule has 2 atom stereocenters. The van der Waals surface area contributed by atoms with Gasteiger partial charge in [0.2, 0.25) is 0 Å². The maximum absolute atomic E-state index is 13.0. The van der Waals surface area contributed by atoms with Crippen molar-refractivity contribution in [3.63, 3.8) is 0 Å². The molecule has 0 radical (unpaired) electrons. The first-order chi connectivity index (χ1) is 11.2. The maximum atomic E-state index is 13.0. The van der Waals surface area contributed by atoms with Crippen LogP contribution in [0.15, 0.2) is 24.3 Å². The average molecular weight is 317 g/mol. The first kappa shape index (κ1) is 16.0. The standard InChI is InChI=1S/C18H23NO4/c20-16(21)9-8-14-6-3-4-11-19(14)18(22)17-15-7-2-1-5-13(15)10-12-23-17/h1-2,5,7,14,17H,3-4,6,8-12H2,(H,20,21). The Morgan fingerprint density at radius 2 is 2.09 bits per heavy atom. The van der Waals surface area contributed by atoms with Crippen LogP contribution in [-0.4, -0.2) is 41.1 Å². The van der Waals surface area contributed by atoms with Gasteiger partial charge in [-0.2, -0.15) is 0 Å². The van der Waals surface area contributed by atoms with Gasteiger partial charge in [0.25, 0.3) is 5.91 Å². The van der Waals surface area contributed by atoms with E-state index < -0.39 is 12.1 Å². The Hall–Kier alpha value is -1.88. The molecule has 3 rings (SSSR count). The van der Waals surface area contributed by atoms with Crippen molar-refractivity contribution in [1.29, 1.82) is 0 Å². The number of piperidine rings is 1. The lowest BCUT2D eigenvalue weighted by Crippen LogP contribution is -2.47. The van der Waals surface area contributed by atoms with Gasteiger partial charge < -0.3 is 14.7 Å². The van der Waals surface area contributed by atoms with Gasteiger partial charge in [-0.05, 0) is 43.2 Å². The van der Waals surface area contributed by atoms with Gasteiger partial charge in [-0.3, -0.25) is 9.59 Å². The highest BCUT2D eigenvalue weighted by molar-refractivity contribution is 5.83. The molecule has 0 spiro atoms. The van der Waals surface area contributed by atoms with Gasteiger partial charge in [-0.25, -0.2) is 0 Å². The van der Waals surface area contributed by atoms with E-state index in [4.69, 9.17) is 9.84 Å². The number of benzene rings is 1. The van der Waals surface area contributed by atoms with Crippen molar-refractivity contribution in [2.24, 2.45) is 0 Å². The Balaban J connectivity index is 1.77. The largest absolute Gasteiger partial charge is 0.481 e. The van der Waals surface area contributed by atoms with Crippen LogP contribution in [0.2, 0.25) is 0 Å². The molecule has 124 valence electrons. The van der Waals surface area contributed by atoms with Gasteiger partial charge in [-0.1, -0.05) is 24.3 Å². The number of carboxylic acids is 1. The second-order valence-electron chi connectivity index (χ2n) is 6.31. The van der Waals surface area contributed by atoms with Crippen LogP contribution in [0.1, 0.15) is 49.3 Å². The minimum absolute atomic E-state index is 0.00719. The third-order valence-corrected chi connectivity index (χ3v) is 4.82. The maximum Gasteiger partial charge on any atom is 0.303 e.